The number of para-hydroxylation sites is 1. The van der Waals surface area contributed by atoms with E-state index in [9.17, 15) is 0 Å². The Morgan fingerprint density at radius 2 is 0.735 bits per heavy atom. The van der Waals surface area contributed by atoms with Crippen LogP contribution in [0.3, 0.4) is 0 Å². The van der Waals surface area contributed by atoms with Gasteiger partial charge in [-0.25, -0.2) is 0 Å². The summed E-state index contributed by atoms with van der Waals surface area (Å²) in [6.45, 7) is 4.68. The first-order chi connectivity index (χ1) is 33.5. The van der Waals surface area contributed by atoms with Crippen molar-refractivity contribution in [3.8, 4) is 33.4 Å². The fraction of sp³-hybridized carbons (Fsp3) is 0.0462. The number of fused-ring (bicyclic) bond motifs is 8. The Kier molecular flexibility index (Phi) is 9.19. The van der Waals surface area contributed by atoms with Crippen LogP contribution in [0.1, 0.15) is 25.0 Å². The monoisotopic (exact) mass is 870 g/mol. The molecule has 0 bridgehead atoms. The fourth-order valence-corrected chi connectivity index (χ4v) is 10.8. The lowest BCUT2D eigenvalue weighted by atomic mass is 9.82. The van der Waals surface area contributed by atoms with E-state index in [1.807, 2.05) is 12.1 Å². The van der Waals surface area contributed by atoms with Crippen molar-refractivity contribution >= 4 is 77.6 Å². The SMILES string of the molecule is CC1(C)c2ccccc2-c2cc(N(c3ccc(-c4ccc(-c5ccc(N(c6ccc7oc8ccccc8c7c6)c6cccc7ccccc67)cc5)cc4)cc3)c3cccc4ccccc34)ccc21. The minimum Gasteiger partial charge on any atom is -0.456 e. The number of rotatable bonds is 8. The molecule has 0 aliphatic heterocycles. The van der Waals surface area contributed by atoms with Gasteiger partial charge in [-0.3, -0.25) is 0 Å². The summed E-state index contributed by atoms with van der Waals surface area (Å²) >= 11 is 0. The van der Waals surface area contributed by atoms with E-state index in [1.165, 1.54) is 60.5 Å². The van der Waals surface area contributed by atoms with Gasteiger partial charge >= 0.3 is 0 Å². The van der Waals surface area contributed by atoms with Crippen LogP contribution in [0.15, 0.2) is 247 Å². The van der Waals surface area contributed by atoms with Gasteiger partial charge in [0, 0.05) is 49.7 Å². The zero-order valence-corrected chi connectivity index (χ0v) is 37.9. The maximum atomic E-state index is 6.24. The Hall–Kier alpha value is -8.66. The standard InChI is InChI=1S/C65H46N2O/c1-65(2)59-21-9-7-19-55(59)57-41-51(37-39-60(57)65)66(61-22-11-15-47-13-3-5-17-53(47)61)49-33-29-45(30-34-49)43-25-27-44(28-26-43)46-31-35-50(36-32-46)67(62-23-12-16-48-14-4-6-18-54(48)62)52-38-40-64-58(42-52)56-20-8-10-24-63(56)68-64/h3-42H,1-2H3. The van der Waals surface area contributed by atoms with Crippen molar-refractivity contribution in [1.29, 1.82) is 0 Å². The molecule has 1 aliphatic rings. The second-order valence-corrected chi connectivity index (χ2v) is 18.5. The van der Waals surface area contributed by atoms with Crippen LogP contribution in [0, 0.1) is 0 Å². The molecule has 13 rings (SSSR count). The number of benzene rings is 11. The van der Waals surface area contributed by atoms with E-state index < -0.39 is 0 Å². The van der Waals surface area contributed by atoms with Crippen LogP contribution in [0.4, 0.5) is 34.1 Å². The van der Waals surface area contributed by atoms with Gasteiger partial charge in [-0.05, 0) is 128 Å². The summed E-state index contributed by atoms with van der Waals surface area (Å²) in [6, 6.07) is 88.2. The maximum Gasteiger partial charge on any atom is 0.135 e. The summed E-state index contributed by atoms with van der Waals surface area (Å²) in [5.41, 5.74) is 18.5. The Bertz CT molecular complexity index is 3870. The summed E-state index contributed by atoms with van der Waals surface area (Å²) in [5, 5.41) is 7.05. The minimum absolute atomic E-state index is 0.0535. The molecule has 11 aromatic carbocycles. The summed E-state index contributed by atoms with van der Waals surface area (Å²) in [5.74, 6) is 0. The number of furan rings is 1. The first-order valence-electron chi connectivity index (χ1n) is 23.5. The second-order valence-electron chi connectivity index (χ2n) is 18.5. The molecule has 68 heavy (non-hydrogen) atoms. The van der Waals surface area contributed by atoms with Crippen molar-refractivity contribution in [3.63, 3.8) is 0 Å². The predicted octanol–water partition coefficient (Wildman–Crippen LogP) is 18.5. The summed E-state index contributed by atoms with van der Waals surface area (Å²) in [7, 11) is 0. The van der Waals surface area contributed by atoms with E-state index in [-0.39, 0.29) is 5.41 Å². The highest BCUT2D eigenvalue weighted by molar-refractivity contribution is 6.08. The van der Waals surface area contributed by atoms with Gasteiger partial charge in [0.1, 0.15) is 11.2 Å². The molecule has 0 atom stereocenters. The van der Waals surface area contributed by atoms with E-state index in [2.05, 4.69) is 254 Å². The van der Waals surface area contributed by atoms with Gasteiger partial charge in [0.15, 0.2) is 0 Å². The molecule has 0 saturated carbocycles. The molecule has 0 saturated heterocycles. The highest BCUT2D eigenvalue weighted by Gasteiger charge is 2.35. The first-order valence-corrected chi connectivity index (χ1v) is 23.5. The molecule has 0 radical (unpaired) electrons. The topological polar surface area (TPSA) is 19.6 Å². The molecule has 0 amide bonds. The van der Waals surface area contributed by atoms with E-state index in [0.29, 0.717) is 0 Å². The predicted molar refractivity (Wildman–Crippen MR) is 287 cm³/mol. The van der Waals surface area contributed by atoms with Crippen molar-refractivity contribution in [3.05, 3.63) is 254 Å². The van der Waals surface area contributed by atoms with Gasteiger partial charge < -0.3 is 14.2 Å². The molecule has 1 aromatic heterocycles. The molecular weight excluding hydrogens is 825 g/mol. The molecule has 0 unspecified atom stereocenters. The first kappa shape index (κ1) is 39.7. The fourth-order valence-electron chi connectivity index (χ4n) is 10.8. The third-order valence-electron chi connectivity index (χ3n) is 14.3. The van der Waals surface area contributed by atoms with Crippen LogP contribution in [-0.4, -0.2) is 0 Å². The van der Waals surface area contributed by atoms with Gasteiger partial charge in [0.25, 0.3) is 0 Å². The van der Waals surface area contributed by atoms with Crippen LogP contribution < -0.4 is 9.80 Å². The smallest absolute Gasteiger partial charge is 0.135 e. The molecule has 0 fully saturated rings. The molecule has 3 nitrogen and oxygen atoms in total. The van der Waals surface area contributed by atoms with Gasteiger partial charge in [-0.15, -0.1) is 0 Å². The molecule has 12 aromatic rings. The maximum absolute atomic E-state index is 6.24. The quantitative estimate of drug-likeness (QED) is 0.152. The highest BCUT2D eigenvalue weighted by Crippen LogP contribution is 2.51. The molecule has 322 valence electrons. The normalized spacial score (nSPS) is 12.7. The molecule has 0 N–H and O–H groups in total. The molecule has 0 spiro atoms. The minimum atomic E-state index is -0.0535. The average Bonchev–Trinajstić information content (AvgIpc) is 3.88. The third kappa shape index (κ3) is 6.50. The molecule has 1 aliphatic carbocycles. The Morgan fingerprint density at radius 1 is 0.309 bits per heavy atom. The van der Waals surface area contributed by atoms with Gasteiger partial charge in [0.2, 0.25) is 0 Å². The molecule has 1 heterocycles. The van der Waals surface area contributed by atoms with Crippen LogP contribution in [-0.2, 0) is 5.41 Å². The van der Waals surface area contributed by atoms with Crippen molar-refractivity contribution in [2.75, 3.05) is 9.80 Å². The van der Waals surface area contributed by atoms with Crippen molar-refractivity contribution < 1.29 is 4.42 Å². The lowest BCUT2D eigenvalue weighted by Crippen LogP contribution is -2.15. The number of hydrogen-bond donors (Lipinski definition) is 0. The van der Waals surface area contributed by atoms with Crippen LogP contribution >= 0.6 is 0 Å². The zero-order chi connectivity index (χ0) is 45.3. The summed E-state index contributed by atoms with van der Waals surface area (Å²) < 4.78 is 6.24. The van der Waals surface area contributed by atoms with Gasteiger partial charge in [-0.2, -0.15) is 0 Å². The van der Waals surface area contributed by atoms with E-state index in [4.69, 9.17) is 4.42 Å². The zero-order valence-electron chi connectivity index (χ0n) is 37.9. The van der Waals surface area contributed by atoms with Crippen molar-refractivity contribution in [2.24, 2.45) is 0 Å². The van der Waals surface area contributed by atoms with Crippen molar-refractivity contribution in [1.82, 2.24) is 0 Å². The van der Waals surface area contributed by atoms with Crippen LogP contribution in [0.5, 0.6) is 0 Å². The number of nitrogens with zero attached hydrogens (tertiary/aromatic N) is 2. The number of anilines is 6. The third-order valence-corrected chi connectivity index (χ3v) is 14.3. The van der Waals surface area contributed by atoms with E-state index in [1.54, 1.807) is 0 Å². The molecular formula is C65H46N2O. The van der Waals surface area contributed by atoms with Gasteiger partial charge in [-0.1, -0.05) is 184 Å². The van der Waals surface area contributed by atoms with Crippen molar-refractivity contribution in [2.45, 2.75) is 19.3 Å². The van der Waals surface area contributed by atoms with Gasteiger partial charge in [0.05, 0.1) is 11.4 Å². The van der Waals surface area contributed by atoms with Crippen LogP contribution in [0.2, 0.25) is 0 Å². The number of hydrogen-bond acceptors (Lipinski definition) is 3. The second kappa shape index (κ2) is 15.8. The average molecular weight is 871 g/mol. The Labute approximate surface area is 396 Å². The Morgan fingerprint density at radius 3 is 1.34 bits per heavy atom. The molecule has 3 heteroatoms. The lowest BCUT2D eigenvalue weighted by Gasteiger charge is -2.28. The van der Waals surface area contributed by atoms with E-state index in [0.717, 1.165) is 61.6 Å². The Balaban J connectivity index is 0.828. The van der Waals surface area contributed by atoms with E-state index >= 15 is 0 Å². The van der Waals surface area contributed by atoms with Crippen LogP contribution in [0.25, 0.3) is 76.9 Å². The lowest BCUT2D eigenvalue weighted by molar-refractivity contribution is 0.660. The summed E-state index contributed by atoms with van der Waals surface area (Å²) in [6.07, 6.45) is 0. The highest BCUT2D eigenvalue weighted by atomic mass is 16.3. The largest absolute Gasteiger partial charge is 0.456 e. The summed E-state index contributed by atoms with van der Waals surface area (Å²) in [4.78, 5) is 4.79.